The van der Waals surface area contributed by atoms with Crippen LogP contribution in [0.5, 0.6) is 11.5 Å². The zero-order valence-electron chi connectivity index (χ0n) is 19.6. The quantitative estimate of drug-likeness (QED) is 0.701. The monoisotopic (exact) mass is 439 g/mol. The lowest BCUT2D eigenvalue weighted by atomic mass is 10.0. The number of likely N-dealkylation sites (tertiary alicyclic amines) is 1. The minimum absolute atomic E-state index is 0.0114. The first-order valence-electron chi connectivity index (χ1n) is 11.0. The Balaban J connectivity index is 1.65. The third-order valence-electron chi connectivity index (χ3n) is 6.05. The summed E-state index contributed by atoms with van der Waals surface area (Å²) in [5.41, 5.74) is 2.54. The number of ether oxygens (including phenoxy) is 2. The SMILES string of the molecule is COc1ccc(OC)c(C2CCCN2C(=O)NCc2ccc(C(=O)N(C)C(C)C)cc2)c1. The van der Waals surface area contributed by atoms with Crippen LogP contribution in [0.4, 0.5) is 4.79 Å². The van der Waals surface area contributed by atoms with E-state index in [-0.39, 0.29) is 24.0 Å². The normalized spacial score (nSPS) is 15.6. The molecule has 0 spiro atoms. The second-order valence-electron chi connectivity index (χ2n) is 8.32. The van der Waals surface area contributed by atoms with E-state index in [4.69, 9.17) is 9.47 Å². The van der Waals surface area contributed by atoms with Crippen LogP contribution in [0.15, 0.2) is 42.5 Å². The number of carbonyl (C=O) groups excluding carboxylic acids is 2. The highest BCUT2D eigenvalue weighted by atomic mass is 16.5. The van der Waals surface area contributed by atoms with E-state index in [1.54, 1.807) is 26.2 Å². The van der Waals surface area contributed by atoms with E-state index in [2.05, 4.69) is 5.32 Å². The molecule has 7 heteroatoms. The maximum absolute atomic E-state index is 13.0. The first kappa shape index (κ1) is 23.4. The predicted molar refractivity (Wildman–Crippen MR) is 124 cm³/mol. The Morgan fingerprint density at radius 1 is 1.12 bits per heavy atom. The lowest BCUT2D eigenvalue weighted by Crippen LogP contribution is -2.39. The number of urea groups is 1. The fourth-order valence-corrected chi connectivity index (χ4v) is 3.92. The van der Waals surface area contributed by atoms with Crippen molar-refractivity contribution in [1.29, 1.82) is 0 Å². The zero-order valence-corrected chi connectivity index (χ0v) is 19.6. The predicted octanol–water partition coefficient (Wildman–Crippen LogP) is 4.23. The number of rotatable bonds is 7. The van der Waals surface area contributed by atoms with Gasteiger partial charge in [-0.2, -0.15) is 0 Å². The Bertz CT molecular complexity index is 943. The van der Waals surface area contributed by atoms with Crippen molar-refractivity contribution in [3.63, 3.8) is 0 Å². The summed E-state index contributed by atoms with van der Waals surface area (Å²) in [6.45, 7) is 5.04. The minimum Gasteiger partial charge on any atom is -0.497 e. The topological polar surface area (TPSA) is 71.1 Å². The van der Waals surface area contributed by atoms with Crippen LogP contribution in [-0.2, 0) is 6.54 Å². The molecule has 1 N–H and O–H groups in total. The summed E-state index contributed by atoms with van der Waals surface area (Å²) in [7, 11) is 5.06. The maximum atomic E-state index is 13.0. The molecule has 1 atom stereocenters. The van der Waals surface area contributed by atoms with Crippen molar-refractivity contribution in [2.45, 2.75) is 45.3 Å². The van der Waals surface area contributed by atoms with Crippen molar-refractivity contribution in [1.82, 2.24) is 15.1 Å². The maximum Gasteiger partial charge on any atom is 0.318 e. The molecule has 1 saturated heterocycles. The molecule has 1 fully saturated rings. The van der Waals surface area contributed by atoms with Gasteiger partial charge in [-0.3, -0.25) is 4.79 Å². The highest BCUT2D eigenvalue weighted by Gasteiger charge is 2.32. The van der Waals surface area contributed by atoms with Gasteiger partial charge >= 0.3 is 6.03 Å². The molecule has 1 aliphatic rings. The van der Waals surface area contributed by atoms with Crippen LogP contribution in [0, 0.1) is 0 Å². The van der Waals surface area contributed by atoms with Crippen LogP contribution in [0.1, 0.15) is 54.2 Å². The summed E-state index contributed by atoms with van der Waals surface area (Å²) in [6, 6.07) is 13.0. The summed E-state index contributed by atoms with van der Waals surface area (Å²) in [4.78, 5) is 29.0. The van der Waals surface area contributed by atoms with E-state index in [9.17, 15) is 9.59 Å². The molecule has 3 amide bonds. The molecule has 0 bridgehead atoms. The number of carbonyl (C=O) groups is 2. The van der Waals surface area contributed by atoms with E-state index >= 15 is 0 Å². The van der Waals surface area contributed by atoms with Crippen LogP contribution in [-0.4, -0.2) is 55.6 Å². The largest absolute Gasteiger partial charge is 0.497 e. The fraction of sp³-hybridized carbons (Fsp3) is 0.440. The Morgan fingerprint density at radius 3 is 2.47 bits per heavy atom. The summed E-state index contributed by atoms with van der Waals surface area (Å²) < 4.78 is 10.9. The number of hydrogen-bond acceptors (Lipinski definition) is 4. The first-order chi connectivity index (χ1) is 15.3. The second-order valence-corrected chi connectivity index (χ2v) is 8.32. The standard InChI is InChI=1S/C25H33N3O4/c1-17(2)27(3)24(29)19-10-8-18(9-11-19)16-26-25(30)28-14-6-7-22(28)21-15-20(31-4)12-13-23(21)32-5/h8-13,15,17,22H,6-7,14,16H2,1-5H3,(H,26,30). The van der Waals surface area contributed by atoms with E-state index in [1.807, 2.05) is 61.2 Å². The van der Waals surface area contributed by atoms with Gasteiger partial charge in [0.15, 0.2) is 0 Å². The number of hydrogen-bond donors (Lipinski definition) is 1. The lowest BCUT2D eigenvalue weighted by molar-refractivity contribution is 0.0755. The number of nitrogens with zero attached hydrogens (tertiary/aromatic N) is 2. The van der Waals surface area contributed by atoms with Gasteiger partial charge in [-0.05, 0) is 62.6 Å². The van der Waals surface area contributed by atoms with Gasteiger partial charge < -0.3 is 24.6 Å². The average Bonchev–Trinajstić information content (AvgIpc) is 3.31. The van der Waals surface area contributed by atoms with Crippen LogP contribution in [0.3, 0.4) is 0 Å². The van der Waals surface area contributed by atoms with Crippen molar-refractivity contribution >= 4 is 11.9 Å². The zero-order chi connectivity index (χ0) is 23.3. The molecule has 0 aromatic heterocycles. The summed E-state index contributed by atoms with van der Waals surface area (Å²) in [5.74, 6) is 1.48. The van der Waals surface area contributed by atoms with Gasteiger partial charge in [-0.1, -0.05) is 12.1 Å². The van der Waals surface area contributed by atoms with E-state index in [0.717, 1.165) is 35.5 Å². The Hall–Kier alpha value is -3.22. The molecule has 2 aromatic carbocycles. The van der Waals surface area contributed by atoms with Gasteiger partial charge in [0.2, 0.25) is 0 Å². The molecule has 7 nitrogen and oxygen atoms in total. The van der Waals surface area contributed by atoms with Crippen molar-refractivity contribution in [2.75, 3.05) is 27.8 Å². The molecule has 0 aliphatic carbocycles. The molecule has 2 aromatic rings. The van der Waals surface area contributed by atoms with E-state index < -0.39 is 0 Å². The van der Waals surface area contributed by atoms with Crippen LogP contribution < -0.4 is 14.8 Å². The summed E-state index contributed by atoms with van der Waals surface area (Å²) in [5, 5.41) is 3.02. The highest BCUT2D eigenvalue weighted by molar-refractivity contribution is 5.94. The number of nitrogens with one attached hydrogen (secondary N) is 1. The summed E-state index contributed by atoms with van der Waals surface area (Å²) >= 11 is 0. The van der Waals surface area contributed by atoms with Gasteiger partial charge in [-0.25, -0.2) is 4.79 Å². The molecular formula is C25H33N3O4. The molecular weight excluding hydrogens is 406 g/mol. The van der Waals surface area contributed by atoms with Gasteiger partial charge in [0.05, 0.1) is 20.3 Å². The van der Waals surface area contributed by atoms with Gasteiger partial charge in [0.1, 0.15) is 11.5 Å². The van der Waals surface area contributed by atoms with Crippen molar-refractivity contribution in [3.05, 3.63) is 59.2 Å². The molecule has 1 heterocycles. The molecule has 3 rings (SSSR count). The summed E-state index contributed by atoms with van der Waals surface area (Å²) in [6.07, 6.45) is 1.80. The third kappa shape index (κ3) is 5.15. The van der Waals surface area contributed by atoms with Crippen molar-refractivity contribution in [2.24, 2.45) is 0 Å². The molecule has 32 heavy (non-hydrogen) atoms. The van der Waals surface area contributed by atoms with Crippen LogP contribution in [0.2, 0.25) is 0 Å². The Kier molecular flexibility index (Phi) is 7.62. The smallest absolute Gasteiger partial charge is 0.318 e. The minimum atomic E-state index is -0.114. The molecule has 0 saturated carbocycles. The lowest BCUT2D eigenvalue weighted by Gasteiger charge is -2.27. The van der Waals surface area contributed by atoms with Gasteiger partial charge in [0, 0.05) is 37.3 Å². The van der Waals surface area contributed by atoms with Crippen molar-refractivity contribution in [3.8, 4) is 11.5 Å². The number of methoxy groups -OCH3 is 2. The van der Waals surface area contributed by atoms with Gasteiger partial charge in [-0.15, -0.1) is 0 Å². The first-order valence-corrected chi connectivity index (χ1v) is 11.0. The molecule has 1 aliphatic heterocycles. The molecule has 1 unspecified atom stereocenters. The fourth-order valence-electron chi connectivity index (χ4n) is 3.92. The number of amides is 3. The highest BCUT2D eigenvalue weighted by Crippen LogP contribution is 2.38. The van der Waals surface area contributed by atoms with Crippen molar-refractivity contribution < 1.29 is 19.1 Å². The van der Waals surface area contributed by atoms with Crippen LogP contribution in [0.25, 0.3) is 0 Å². The average molecular weight is 440 g/mol. The van der Waals surface area contributed by atoms with E-state index in [0.29, 0.717) is 18.7 Å². The number of benzene rings is 2. The van der Waals surface area contributed by atoms with Crippen LogP contribution >= 0.6 is 0 Å². The Labute approximate surface area is 190 Å². The Morgan fingerprint density at radius 2 is 1.84 bits per heavy atom. The second kappa shape index (κ2) is 10.4. The third-order valence-corrected chi connectivity index (χ3v) is 6.05. The molecule has 0 radical (unpaired) electrons. The molecule has 172 valence electrons. The van der Waals surface area contributed by atoms with Gasteiger partial charge in [0.25, 0.3) is 5.91 Å². The van der Waals surface area contributed by atoms with E-state index in [1.165, 1.54) is 0 Å².